The molecular weight excluding hydrogens is 303 g/mol. The van der Waals surface area contributed by atoms with E-state index < -0.39 is 43.5 Å². The van der Waals surface area contributed by atoms with Gasteiger partial charge < -0.3 is 15.2 Å². The van der Waals surface area contributed by atoms with Gasteiger partial charge in [-0.1, -0.05) is 30.3 Å². The molecule has 1 aromatic carbocycles. The van der Waals surface area contributed by atoms with E-state index in [4.69, 9.17) is 9.84 Å². The first-order valence-corrected chi connectivity index (χ1v) is 6.52. The fraction of sp³-hybridized carbons (Fsp3) is 0.429. The molecule has 0 spiro atoms. The molecule has 0 saturated carbocycles. The highest BCUT2D eigenvalue weighted by Crippen LogP contribution is 2.29. The van der Waals surface area contributed by atoms with Gasteiger partial charge in [0.15, 0.2) is 0 Å². The first-order chi connectivity index (χ1) is 10.3. The average molecular weight is 319 g/mol. The quantitative estimate of drug-likeness (QED) is 0.810. The molecule has 0 aromatic heterocycles. The number of halogens is 3. The number of alkyl halides is 3. The van der Waals surface area contributed by atoms with Gasteiger partial charge in [-0.3, -0.25) is 4.79 Å². The Labute approximate surface area is 125 Å². The van der Waals surface area contributed by atoms with Gasteiger partial charge in [0, 0.05) is 13.0 Å². The van der Waals surface area contributed by atoms with Crippen LogP contribution in [0.5, 0.6) is 0 Å². The molecule has 2 N–H and O–H groups in total. The SMILES string of the molecule is O=C(O)CC[C@@H](CNC(=O)OCc1ccccc1)C(F)(F)F. The maximum Gasteiger partial charge on any atom is 0.407 e. The second kappa shape index (κ2) is 8.26. The van der Waals surface area contributed by atoms with E-state index in [1.165, 1.54) is 0 Å². The van der Waals surface area contributed by atoms with Gasteiger partial charge in [0.2, 0.25) is 0 Å². The number of amides is 1. The zero-order valence-corrected chi connectivity index (χ0v) is 11.6. The number of ether oxygens (including phenoxy) is 1. The summed E-state index contributed by atoms with van der Waals surface area (Å²) >= 11 is 0. The summed E-state index contributed by atoms with van der Waals surface area (Å²) in [6, 6.07) is 8.67. The molecule has 122 valence electrons. The van der Waals surface area contributed by atoms with Gasteiger partial charge in [-0.15, -0.1) is 0 Å². The summed E-state index contributed by atoms with van der Waals surface area (Å²) in [6.45, 7) is -0.775. The van der Waals surface area contributed by atoms with Crippen LogP contribution < -0.4 is 5.32 Å². The fourth-order valence-corrected chi connectivity index (χ4v) is 1.66. The molecule has 8 heteroatoms. The van der Waals surface area contributed by atoms with Crippen molar-refractivity contribution in [3.63, 3.8) is 0 Å². The van der Waals surface area contributed by atoms with Gasteiger partial charge in [-0.2, -0.15) is 13.2 Å². The summed E-state index contributed by atoms with van der Waals surface area (Å²) in [5.41, 5.74) is 0.705. The molecule has 1 aromatic rings. The molecule has 0 radical (unpaired) electrons. The van der Waals surface area contributed by atoms with Crippen molar-refractivity contribution in [2.24, 2.45) is 5.92 Å². The van der Waals surface area contributed by atoms with Crippen molar-refractivity contribution in [3.8, 4) is 0 Å². The van der Waals surface area contributed by atoms with Gasteiger partial charge in [0.05, 0.1) is 5.92 Å². The number of rotatable bonds is 7. The van der Waals surface area contributed by atoms with Crippen LogP contribution in [0.3, 0.4) is 0 Å². The van der Waals surface area contributed by atoms with Crippen molar-refractivity contribution in [2.45, 2.75) is 25.6 Å². The molecule has 0 bridgehead atoms. The third kappa shape index (κ3) is 6.96. The molecule has 0 fully saturated rings. The highest BCUT2D eigenvalue weighted by Gasteiger charge is 2.39. The molecular formula is C14H16F3NO4. The van der Waals surface area contributed by atoms with E-state index in [0.29, 0.717) is 5.56 Å². The topological polar surface area (TPSA) is 75.6 Å². The van der Waals surface area contributed by atoms with E-state index in [9.17, 15) is 22.8 Å². The van der Waals surface area contributed by atoms with Crippen LogP contribution >= 0.6 is 0 Å². The van der Waals surface area contributed by atoms with Crippen molar-refractivity contribution >= 4 is 12.1 Å². The van der Waals surface area contributed by atoms with Gasteiger partial charge in [-0.05, 0) is 12.0 Å². The summed E-state index contributed by atoms with van der Waals surface area (Å²) < 4.78 is 42.8. The standard InChI is InChI=1S/C14H16F3NO4/c15-14(16,17)11(6-7-12(19)20)8-18-13(21)22-9-10-4-2-1-3-5-10/h1-5,11H,6-9H2,(H,18,21)(H,19,20)/t11-/m0/s1. The molecule has 0 aliphatic heterocycles. The van der Waals surface area contributed by atoms with Crippen molar-refractivity contribution in [1.29, 1.82) is 0 Å². The number of carboxylic acid groups (broad SMARTS) is 1. The highest BCUT2D eigenvalue weighted by atomic mass is 19.4. The molecule has 0 saturated heterocycles. The minimum absolute atomic E-state index is 0.0571. The number of benzene rings is 1. The number of carbonyl (C=O) groups excluding carboxylic acids is 1. The lowest BCUT2D eigenvalue weighted by atomic mass is 10.0. The Kier molecular flexibility index (Phi) is 6.68. The number of hydrogen-bond acceptors (Lipinski definition) is 3. The summed E-state index contributed by atoms with van der Waals surface area (Å²) in [6.07, 6.45) is -6.78. The van der Waals surface area contributed by atoms with Crippen LogP contribution in [0.4, 0.5) is 18.0 Å². The molecule has 1 atom stereocenters. The monoisotopic (exact) mass is 319 g/mol. The van der Waals surface area contributed by atoms with Crippen molar-refractivity contribution in [3.05, 3.63) is 35.9 Å². The fourth-order valence-electron chi connectivity index (χ4n) is 1.66. The number of hydrogen-bond donors (Lipinski definition) is 2. The van der Waals surface area contributed by atoms with E-state index in [1.807, 2.05) is 5.32 Å². The summed E-state index contributed by atoms with van der Waals surface area (Å²) in [5.74, 6) is -3.24. The summed E-state index contributed by atoms with van der Waals surface area (Å²) in [7, 11) is 0. The number of carboxylic acids is 1. The second-order valence-electron chi connectivity index (χ2n) is 4.61. The van der Waals surface area contributed by atoms with Gasteiger partial charge in [0.25, 0.3) is 0 Å². The summed E-state index contributed by atoms with van der Waals surface area (Å²) in [5, 5.41) is 10.4. The second-order valence-corrected chi connectivity index (χ2v) is 4.61. The maximum absolute atomic E-state index is 12.7. The lowest BCUT2D eigenvalue weighted by Gasteiger charge is -2.19. The molecule has 5 nitrogen and oxygen atoms in total. The van der Waals surface area contributed by atoms with Crippen molar-refractivity contribution in [2.75, 3.05) is 6.54 Å². The number of carbonyl (C=O) groups is 2. The van der Waals surface area contributed by atoms with Gasteiger partial charge in [-0.25, -0.2) is 4.79 Å². The lowest BCUT2D eigenvalue weighted by Crippen LogP contribution is -2.37. The number of alkyl carbamates (subject to hydrolysis) is 1. The van der Waals surface area contributed by atoms with E-state index in [1.54, 1.807) is 30.3 Å². The van der Waals surface area contributed by atoms with Crippen molar-refractivity contribution in [1.82, 2.24) is 5.32 Å². The normalized spacial score (nSPS) is 12.5. The number of nitrogens with one attached hydrogen (secondary N) is 1. The number of aliphatic carboxylic acids is 1. The molecule has 1 rings (SSSR count). The van der Waals surface area contributed by atoms with E-state index in [0.717, 1.165) is 0 Å². The third-order valence-corrected chi connectivity index (χ3v) is 2.88. The zero-order valence-electron chi connectivity index (χ0n) is 11.6. The molecule has 1 amide bonds. The molecule has 0 unspecified atom stereocenters. The smallest absolute Gasteiger partial charge is 0.407 e. The Balaban J connectivity index is 2.40. The van der Waals surface area contributed by atoms with E-state index in [-0.39, 0.29) is 6.61 Å². The van der Waals surface area contributed by atoms with Crippen LogP contribution in [-0.4, -0.2) is 29.9 Å². The Morgan fingerprint density at radius 3 is 2.41 bits per heavy atom. The lowest BCUT2D eigenvalue weighted by molar-refractivity contribution is -0.175. The average Bonchev–Trinajstić information content (AvgIpc) is 2.44. The molecule has 22 heavy (non-hydrogen) atoms. The molecule has 0 heterocycles. The zero-order chi connectivity index (χ0) is 16.6. The van der Waals surface area contributed by atoms with Gasteiger partial charge in [0.1, 0.15) is 6.61 Å². The first kappa shape index (κ1) is 17.8. The van der Waals surface area contributed by atoms with Crippen LogP contribution in [0.25, 0.3) is 0 Å². The molecule has 0 aliphatic rings. The van der Waals surface area contributed by atoms with Gasteiger partial charge >= 0.3 is 18.2 Å². The Morgan fingerprint density at radius 1 is 1.23 bits per heavy atom. The minimum atomic E-state index is -4.58. The van der Waals surface area contributed by atoms with Crippen LogP contribution in [0.15, 0.2) is 30.3 Å². The van der Waals surface area contributed by atoms with Crippen LogP contribution in [0.1, 0.15) is 18.4 Å². The van der Waals surface area contributed by atoms with Crippen LogP contribution in [0.2, 0.25) is 0 Å². The molecule has 0 aliphatic carbocycles. The highest BCUT2D eigenvalue weighted by molar-refractivity contribution is 5.67. The predicted molar refractivity (Wildman–Crippen MR) is 71.0 cm³/mol. The van der Waals surface area contributed by atoms with Crippen molar-refractivity contribution < 1.29 is 32.6 Å². The predicted octanol–water partition coefficient (Wildman–Crippen LogP) is 2.96. The summed E-state index contributed by atoms with van der Waals surface area (Å²) in [4.78, 5) is 21.7. The Hall–Kier alpha value is -2.25. The third-order valence-electron chi connectivity index (χ3n) is 2.88. The largest absolute Gasteiger partial charge is 0.481 e. The van der Waals surface area contributed by atoms with Crippen LogP contribution in [0, 0.1) is 5.92 Å². The van der Waals surface area contributed by atoms with Crippen LogP contribution in [-0.2, 0) is 16.1 Å². The Bertz CT molecular complexity index is 491. The van der Waals surface area contributed by atoms with E-state index >= 15 is 0 Å². The Morgan fingerprint density at radius 2 is 1.86 bits per heavy atom. The first-order valence-electron chi connectivity index (χ1n) is 6.52. The van der Waals surface area contributed by atoms with E-state index in [2.05, 4.69) is 0 Å². The maximum atomic E-state index is 12.7. The minimum Gasteiger partial charge on any atom is -0.481 e.